The zero-order valence-corrected chi connectivity index (χ0v) is 28.2. The van der Waals surface area contributed by atoms with Crippen molar-refractivity contribution in [1.82, 2.24) is 14.2 Å². The van der Waals surface area contributed by atoms with Crippen LogP contribution in [-0.4, -0.2) is 48.3 Å². The zero-order valence-electron chi connectivity index (χ0n) is 25.8. The van der Waals surface area contributed by atoms with E-state index in [0.717, 1.165) is 57.8 Å². The van der Waals surface area contributed by atoms with Crippen molar-refractivity contribution in [2.75, 3.05) is 19.6 Å². The van der Waals surface area contributed by atoms with Crippen LogP contribution in [0.15, 0.2) is 0 Å². The number of nitrogens with one attached hydrogen (secondary N) is 3. The Hall–Kier alpha value is -1.80. The summed E-state index contributed by atoms with van der Waals surface area (Å²) in [6.45, 7) is 1.21. The molecule has 0 unspecified atom stereocenters. The van der Waals surface area contributed by atoms with Gasteiger partial charge in [-0.15, -0.1) is 0 Å². The first-order valence-electron chi connectivity index (χ1n) is 15.6. The van der Waals surface area contributed by atoms with Crippen LogP contribution in [-0.2, 0) is 30.1 Å². The average Bonchev–Trinajstić information content (AvgIpc) is 2.95. The second-order valence-corrected chi connectivity index (χ2v) is 17.4. The molecule has 0 aliphatic carbocycles. The highest BCUT2D eigenvalue weighted by Crippen LogP contribution is 2.35. The van der Waals surface area contributed by atoms with Crippen molar-refractivity contribution in [2.24, 2.45) is 0 Å². The van der Waals surface area contributed by atoms with E-state index < -0.39 is 39.9 Å². The van der Waals surface area contributed by atoms with Crippen molar-refractivity contribution in [3.63, 3.8) is 0 Å². The van der Waals surface area contributed by atoms with Crippen LogP contribution in [0.5, 0.6) is 0 Å². The topological polar surface area (TPSA) is 210 Å². The van der Waals surface area contributed by atoms with Gasteiger partial charge in [0.05, 0.1) is 18.2 Å². The molecule has 43 heavy (non-hydrogen) atoms. The van der Waals surface area contributed by atoms with Gasteiger partial charge in [0.15, 0.2) is 0 Å². The summed E-state index contributed by atoms with van der Waals surface area (Å²) in [7, 11) is -14.8. The molecule has 0 aromatic rings. The fourth-order valence-corrected chi connectivity index (χ4v) is 12.5. The van der Waals surface area contributed by atoms with Crippen molar-refractivity contribution in [3.05, 3.63) is 0 Å². The Balaban J connectivity index is 5.73. The Labute approximate surface area is 261 Å². The summed E-state index contributed by atoms with van der Waals surface area (Å²) in [6, 6.07) is 6.21. The van der Waals surface area contributed by atoms with E-state index in [1.54, 1.807) is 6.92 Å². The zero-order chi connectivity index (χ0) is 32.5. The third-order valence-corrected chi connectivity index (χ3v) is 15.8. The maximum atomic E-state index is 13.7. The average molecular weight is 665 g/mol. The third kappa shape index (κ3) is 15.2. The molecule has 15 heteroatoms. The minimum absolute atomic E-state index is 0.0145. The third-order valence-electron chi connectivity index (χ3n) is 7.06. The van der Waals surface area contributed by atoms with E-state index >= 15 is 0 Å². The molecular formula is C28H52N6O6S3. The van der Waals surface area contributed by atoms with Gasteiger partial charge < -0.3 is 0 Å². The maximum absolute atomic E-state index is 13.7. The molecule has 3 N–H and O–H groups in total. The predicted molar refractivity (Wildman–Crippen MR) is 168 cm³/mol. The van der Waals surface area contributed by atoms with Gasteiger partial charge in [0.25, 0.3) is 0 Å². The molecule has 0 radical (unpaired) electrons. The van der Waals surface area contributed by atoms with E-state index in [9.17, 15) is 25.3 Å². The summed E-state index contributed by atoms with van der Waals surface area (Å²) in [5.74, 6) is 0. The fraction of sp³-hybridized carbons (Fsp3) is 0.893. The Bertz CT molecular complexity index is 1060. The van der Waals surface area contributed by atoms with Crippen molar-refractivity contribution < 1.29 is 25.3 Å². The molecule has 0 rings (SSSR count). The lowest BCUT2D eigenvalue weighted by atomic mass is 10.1. The minimum atomic E-state index is -4.93. The molecule has 0 saturated carbocycles. The largest absolute Gasteiger partial charge is 0.313 e. The molecule has 0 saturated heterocycles. The molecular weight excluding hydrogens is 613 g/mol. The van der Waals surface area contributed by atoms with Gasteiger partial charge in [-0.25, -0.2) is 39.4 Å². The number of unbranched alkanes of at least 4 members (excludes halogenated alkanes) is 15. The van der Waals surface area contributed by atoms with E-state index in [0.29, 0.717) is 57.8 Å². The quantitative estimate of drug-likeness (QED) is 0.0937. The van der Waals surface area contributed by atoms with E-state index in [2.05, 4.69) is 32.4 Å². The highest BCUT2D eigenvalue weighted by molar-refractivity contribution is 8.24. The number of nitrogens with zero attached hydrogens (tertiary/aromatic N) is 3. The lowest BCUT2D eigenvalue weighted by Crippen LogP contribution is -2.63. The van der Waals surface area contributed by atoms with Gasteiger partial charge in [-0.05, 0) is 44.9 Å². The van der Waals surface area contributed by atoms with E-state index in [1.165, 1.54) is 0 Å². The van der Waals surface area contributed by atoms with E-state index in [-0.39, 0.29) is 26.1 Å². The SMILES string of the molecule is CCCC(S(=O)(=O)NCCCCCCCC#N)(S(=O)(=O)NCCCCCCCC#N)S(=O)(=O)NCCCCCCCC#N. The van der Waals surface area contributed by atoms with Gasteiger partial charge in [-0.1, -0.05) is 71.1 Å². The van der Waals surface area contributed by atoms with Crippen LogP contribution in [0.25, 0.3) is 0 Å². The molecule has 0 bridgehead atoms. The first-order valence-corrected chi connectivity index (χ1v) is 20.0. The van der Waals surface area contributed by atoms with Crippen molar-refractivity contribution in [2.45, 2.75) is 139 Å². The second-order valence-electron chi connectivity index (χ2n) is 10.7. The fourth-order valence-electron chi connectivity index (χ4n) is 4.67. The Morgan fingerprint density at radius 1 is 0.465 bits per heavy atom. The van der Waals surface area contributed by atoms with Crippen LogP contribution in [0.3, 0.4) is 0 Å². The van der Waals surface area contributed by atoms with Crippen molar-refractivity contribution in [1.29, 1.82) is 15.8 Å². The maximum Gasteiger partial charge on any atom is 0.313 e. The lowest BCUT2D eigenvalue weighted by Gasteiger charge is -2.32. The molecule has 0 aromatic carbocycles. The van der Waals surface area contributed by atoms with Crippen LogP contribution >= 0.6 is 0 Å². The van der Waals surface area contributed by atoms with Gasteiger partial charge >= 0.3 is 3.41 Å². The standard InChI is InChI=1S/C28H52N6O6S3/c1-2-21-28(41(35,36)32-25-18-12-6-3-9-15-22-29,42(37,38)33-26-19-13-7-4-10-16-23-30)43(39,40)34-27-20-14-8-5-11-17-24-31/h32-34H,2-21,25-27H2,1H3. The molecule has 0 amide bonds. The summed E-state index contributed by atoms with van der Waals surface area (Å²) in [4.78, 5) is 0. The summed E-state index contributed by atoms with van der Waals surface area (Å²) in [6.07, 6.45) is 10.8. The minimum Gasteiger partial charge on any atom is -0.213 e. The van der Waals surface area contributed by atoms with Gasteiger partial charge in [0.1, 0.15) is 0 Å². The van der Waals surface area contributed by atoms with Crippen molar-refractivity contribution >= 4 is 30.1 Å². The van der Waals surface area contributed by atoms with Crippen LogP contribution in [0.2, 0.25) is 0 Å². The summed E-state index contributed by atoms with van der Waals surface area (Å²) >= 11 is 0. The number of hydrogen-bond acceptors (Lipinski definition) is 9. The Morgan fingerprint density at radius 2 is 0.721 bits per heavy atom. The normalized spacial score (nSPS) is 12.4. The van der Waals surface area contributed by atoms with Gasteiger partial charge in [-0.3, -0.25) is 0 Å². The van der Waals surface area contributed by atoms with Crippen molar-refractivity contribution in [3.8, 4) is 18.2 Å². The lowest BCUT2D eigenvalue weighted by molar-refractivity contribution is 0.514. The number of hydrogen-bond donors (Lipinski definition) is 3. The Kier molecular flexibility index (Phi) is 22.6. The monoisotopic (exact) mass is 664 g/mol. The van der Waals surface area contributed by atoms with E-state index in [1.807, 2.05) is 0 Å². The molecule has 12 nitrogen and oxygen atoms in total. The number of rotatable bonds is 29. The van der Waals surface area contributed by atoms with Crippen LogP contribution in [0, 0.1) is 34.0 Å². The Morgan fingerprint density at radius 3 is 0.977 bits per heavy atom. The van der Waals surface area contributed by atoms with Crippen LogP contribution in [0.4, 0.5) is 0 Å². The molecule has 0 heterocycles. The summed E-state index contributed by atoms with van der Waals surface area (Å²) in [5, 5.41) is 25.9. The predicted octanol–water partition coefficient (Wildman–Crippen LogP) is 4.79. The van der Waals surface area contributed by atoms with Crippen LogP contribution < -0.4 is 14.2 Å². The molecule has 0 spiro atoms. The van der Waals surface area contributed by atoms with Gasteiger partial charge in [-0.2, -0.15) is 15.8 Å². The van der Waals surface area contributed by atoms with Gasteiger partial charge in [0.2, 0.25) is 30.1 Å². The smallest absolute Gasteiger partial charge is 0.213 e. The van der Waals surface area contributed by atoms with E-state index in [4.69, 9.17) is 15.8 Å². The highest BCUT2D eigenvalue weighted by Gasteiger charge is 2.64. The van der Waals surface area contributed by atoms with Crippen LogP contribution in [0.1, 0.15) is 135 Å². The first kappa shape index (κ1) is 41.2. The second kappa shape index (κ2) is 23.6. The summed E-state index contributed by atoms with van der Waals surface area (Å²) in [5.41, 5.74) is 0. The molecule has 0 aromatic heterocycles. The molecule has 0 aliphatic rings. The van der Waals surface area contributed by atoms with Gasteiger partial charge in [0, 0.05) is 38.9 Å². The summed E-state index contributed by atoms with van der Waals surface area (Å²) < 4.78 is 86.2. The highest BCUT2D eigenvalue weighted by atomic mass is 32.3. The molecule has 0 fully saturated rings. The first-order chi connectivity index (χ1) is 20.5. The molecule has 0 atom stereocenters. The molecule has 248 valence electrons. The number of nitriles is 3. The molecule has 0 aliphatic heterocycles. The number of sulfonamides is 3.